The molecule has 0 aliphatic rings. The molecule has 0 radical (unpaired) electrons. The van der Waals surface area contributed by atoms with Crippen LogP contribution >= 0.6 is 0 Å². The Balaban J connectivity index is 2.30. The van der Waals surface area contributed by atoms with Gasteiger partial charge in [-0.1, -0.05) is 0 Å². The van der Waals surface area contributed by atoms with E-state index in [1.54, 1.807) is 25.4 Å². The number of aromatic amines is 1. The van der Waals surface area contributed by atoms with Crippen molar-refractivity contribution in [3.63, 3.8) is 0 Å². The molecule has 5 heteroatoms. The van der Waals surface area contributed by atoms with E-state index in [-0.39, 0.29) is 0 Å². The average Bonchev–Trinajstić information content (AvgIpc) is 2.75. The first-order valence-corrected chi connectivity index (χ1v) is 4.81. The molecule has 0 fully saturated rings. The predicted molar refractivity (Wildman–Crippen MR) is 59.7 cm³/mol. The third kappa shape index (κ3) is 1.97. The van der Waals surface area contributed by atoms with Crippen LogP contribution in [0, 0.1) is 6.57 Å². The standard InChI is InChI=1S/C11H11N3O2/c1-12-10-5-8-7-13-14-9(8)6-11(10)16-4-3-15-2/h5-7H,3-4H2,2H3,(H,13,14). The molecule has 0 bridgehead atoms. The first-order chi connectivity index (χ1) is 7.85. The highest BCUT2D eigenvalue weighted by Crippen LogP contribution is 2.31. The number of rotatable bonds is 4. The Kier molecular flexibility index (Phi) is 3.03. The molecule has 5 nitrogen and oxygen atoms in total. The molecule has 1 N–H and O–H groups in total. The summed E-state index contributed by atoms with van der Waals surface area (Å²) in [5.74, 6) is 0.559. The summed E-state index contributed by atoms with van der Waals surface area (Å²) in [7, 11) is 1.61. The van der Waals surface area contributed by atoms with Gasteiger partial charge in [0.15, 0.2) is 0 Å². The van der Waals surface area contributed by atoms with Gasteiger partial charge in [0.2, 0.25) is 5.69 Å². The van der Waals surface area contributed by atoms with Gasteiger partial charge < -0.3 is 9.47 Å². The number of benzene rings is 1. The SMILES string of the molecule is [C-]#[N+]c1cc2cn[nH]c2cc1OCCOC. The van der Waals surface area contributed by atoms with Crippen LogP contribution in [0.5, 0.6) is 5.75 Å². The molecule has 2 aromatic rings. The third-order valence-electron chi connectivity index (χ3n) is 2.19. The monoisotopic (exact) mass is 217 g/mol. The largest absolute Gasteiger partial charge is 0.502 e. The van der Waals surface area contributed by atoms with Gasteiger partial charge in [-0.15, -0.1) is 0 Å². The minimum atomic E-state index is 0.429. The number of nitrogens with zero attached hydrogens (tertiary/aromatic N) is 2. The second-order valence-corrected chi connectivity index (χ2v) is 3.23. The van der Waals surface area contributed by atoms with Crippen LogP contribution in [0.2, 0.25) is 0 Å². The van der Waals surface area contributed by atoms with E-state index in [4.69, 9.17) is 16.0 Å². The summed E-state index contributed by atoms with van der Waals surface area (Å²) in [4.78, 5) is 3.42. The Bertz CT molecular complexity index is 527. The van der Waals surface area contributed by atoms with E-state index in [0.29, 0.717) is 24.7 Å². The van der Waals surface area contributed by atoms with Crippen LogP contribution in [0.4, 0.5) is 5.69 Å². The number of methoxy groups -OCH3 is 1. The Morgan fingerprint density at radius 3 is 3.06 bits per heavy atom. The maximum atomic E-state index is 7.08. The first-order valence-electron chi connectivity index (χ1n) is 4.81. The van der Waals surface area contributed by atoms with Crippen LogP contribution < -0.4 is 4.74 Å². The fourth-order valence-corrected chi connectivity index (χ4v) is 1.40. The smallest absolute Gasteiger partial charge is 0.228 e. The molecule has 0 saturated carbocycles. The predicted octanol–water partition coefficient (Wildman–Crippen LogP) is 2.14. The normalized spacial score (nSPS) is 10.2. The molecular formula is C11H11N3O2. The first kappa shape index (κ1) is 10.5. The van der Waals surface area contributed by atoms with E-state index >= 15 is 0 Å². The van der Waals surface area contributed by atoms with Crippen molar-refractivity contribution in [2.24, 2.45) is 0 Å². The van der Waals surface area contributed by atoms with Gasteiger partial charge in [-0.25, -0.2) is 4.85 Å². The molecule has 0 unspecified atom stereocenters. The van der Waals surface area contributed by atoms with E-state index in [1.807, 2.05) is 0 Å². The zero-order chi connectivity index (χ0) is 11.4. The van der Waals surface area contributed by atoms with E-state index in [1.165, 1.54) is 0 Å². The summed E-state index contributed by atoms with van der Waals surface area (Å²) < 4.78 is 10.3. The molecule has 2 rings (SSSR count). The molecule has 1 aromatic heterocycles. The van der Waals surface area contributed by atoms with Gasteiger partial charge in [0.05, 0.1) is 24.9 Å². The highest BCUT2D eigenvalue weighted by Gasteiger charge is 2.07. The van der Waals surface area contributed by atoms with E-state index in [2.05, 4.69) is 15.0 Å². The summed E-state index contributed by atoms with van der Waals surface area (Å²) in [6, 6.07) is 3.54. The van der Waals surface area contributed by atoms with Gasteiger partial charge in [0.1, 0.15) is 12.4 Å². The summed E-state index contributed by atoms with van der Waals surface area (Å²) >= 11 is 0. The van der Waals surface area contributed by atoms with Crippen molar-refractivity contribution >= 4 is 16.6 Å². The molecule has 0 spiro atoms. The number of aromatic nitrogens is 2. The van der Waals surface area contributed by atoms with Crippen molar-refractivity contribution in [2.45, 2.75) is 0 Å². The lowest BCUT2D eigenvalue weighted by molar-refractivity contribution is 0.147. The van der Waals surface area contributed by atoms with Gasteiger partial charge in [0.25, 0.3) is 0 Å². The summed E-state index contributed by atoms with van der Waals surface area (Å²) in [5.41, 5.74) is 1.35. The van der Waals surface area contributed by atoms with Crippen LogP contribution in [-0.2, 0) is 4.74 Å². The number of fused-ring (bicyclic) bond motifs is 1. The van der Waals surface area contributed by atoms with Gasteiger partial charge in [-0.3, -0.25) is 5.10 Å². The highest BCUT2D eigenvalue weighted by molar-refractivity contribution is 5.85. The molecule has 1 heterocycles. The number of H-pyrrole nitrogens is 1. The third-order valence-corrected chi connectivity index (χ3v) is 2.19. The van der Waals surface area contributed by atoms with E-state index < -0.39 is 0 Å². The minimum Gasteiger partial charge on any atom is -0.502 e. The zero-order valence-electron chi connectivity index (χ0n) is 8.86. The van der Waals surface area contributed by atoms with Crippen molar-refractivity contribution in [3.8, 4) is 5.75 Å². The molecule has 0 amide bonds. The lowest BCUT2D eigenvalue weighted by atomic mass is 10.2. The van der Waals surface area contributed by atoms with Crippen molar-refractivity contribution in [1.29, 1.82) is 0 Å². The van der Waals surface area contributed by atoms with Crippen molar-refractivity contribution in [2.75, 3.05) is 20.3 Å². The van der Waals surface area contributed by atoms with Crippen LogP contribution in [-0.4, -0.2) is 30.5 Å². The van der Waals surface area contributed by atoms with E-state index in [0.717, 1.165) is 10.9 Å². The molecule has 0 aliphatic carbocycles. The fourth-order valence-electron chi connectivity index (χ4n) is 1.40. The topological polar surface area (TPSA) is 51.5 Å². The maximum Gasteiger partial charge on any atom is 0.228 e. The quantitative estimate of drug-likeness (QED) is 0.630. The summed E-state index contributed by atoms with van der Waals surface area (Å²) in [5, 5.41) is 7.65. The highest BCUT2D eigenvalue weighted by atomic mass is 16.5. The summed E-state index contributed by atoms with van der Waals surface area (Å²) in [6.07, 6.45) is 1.68. The minimum absolute atomic E-state index is 0.429. The molecule has 0 saturated heterocycles. The van der Waals surface area contributed by atoms with Gasteiger partial charge in [-0.05, 0) is 12.1 Å². The van der Waals surface area contributed by atoms with Crippen LogP contribution in [0.25, 0.3) is 15.7 Å². The van der Waals surface area contributed by atoms with Crippen LogP contribution in [0.1, 0.15) is 0 Å². The number of hydrogen-bond acceptors (Lipinski definition) is 3. The average molecular weight is 217 g/mol. The molecule has 0 atom stereocenters. The molecular weight excluding hydrogens is 206 g/mol. The Morgan fingerprint density at radius 2 is 2.31 bits per heavy atom. The number of ether oxygens (including phenoxy) is 2. The van der Waals surface area contributed by atoms with Crippen molar-refractivity contribution in [1.82, 2.24) is 10.2 Å². The Labute approximate surface area is 92.8 Å². The second kappa shape index (κ2) is 4.64. The summed E-state index contributed by atoms with van der Waals surface area (Å²) in [6.45, 7) is 8.00. The molecule has 82 valence electrons. The molecule has 0 aliphatic heterocycles. The van der Waals surface area contributed by atoms with Crippen LogP contribution in [0.15, 0.2) is 18.3 Å². The van der Waals surface area contributed by atoms with Crippen molar-refractivity contribution in [3.05, 3.63) is 29.7 Å². The second-order valence-electron chi connectivity index (χ2n) is 3.23. The Morgan fingerprint density at radius 1 is 1.44 bits per heavy atom. The van der Waals surface area contributed by atoms with Gasteiger partial charge in [-0.2, -0.15) is 5.10 Å². The van der Waals surface area contributed by atoms with Gasteiger partial charge in [0, 0.05) is 12.5 Å². The molecule has 1 aromatic carbocycles. The number of hydrogen-bond donors (Lipinski definition) is 1. The van der Waals surface area contributed by atoms with Crippen LogP contribution in [0.3, 0.4) is 0 Å². The van der Waals surface area contributed by atoms with Gasteiger partial charge >= 0.3 is 0 Å². The lowest BCUT2D eigenvalue weighted by Crippen LogP contribution is -2.04. The Hall–Kier alpha value is -2.06. The fraction of sp³-hybridized carbons (Fsp3) is 0.273. The number of nitrogens with one attached hydrogen (secondary N) is 1. The molecule has 16 heavy (non-hydrogen) atoms. The maximum absolute atomic E-state index is 7.08. The van der Waals surface area contributed by atoms with Crippen molar-refractivity contribution < 1.29 is 9.47 Å². The lowest BCUT2D eigenvalue weighted by Gasteiger charge is -2.07. The zero-order valence-corrected chi connectivity index (χ0v) is 8.86. The van der Waals surface area contributed by atoms with E-state index in [9.17, 15) is 0 Å².